The van der Waals surface area contributed by atoms with Crippen molar-refractivity contribution in [2.24, 2.45) is 0 Å². The molecule has 4 nitrogen and oxygen atoms in total. The number of halogens is 1. The fourth-order valence-corrected chi connectivity index (χ4v) is 5.58. The van der Waals surface area contributed by atoms with Crippen LogP contribution >= 0.6 is 23.1 Å². The van der Waals surface area contributed by atoms with Crippen molar-refractivity contribution in [3.05, 3.63) is 80.7 Å². The highest BCUT2D eigenvalue weighted by molar-refractivity contribution is 7.98. The zero-order chi connectivity index (χ0) is 21.3. The molecule has 0 aliphatic rings. The minimum atomic E-state index is -0.309. The molecule has 0 bridgehead atoms. The molecule has 2 aromatic carbocycles. The van der Waals surface area contributed by atoms with Crippen LogP contribution in [0.1, 0.15) is 22.9 Å². The van der Waals surface area contributed by atoms with Crippen LogP contribution in [-0.4, -0.2) is 9.55 Å². The van der Waals surface area contributed by atoms with E-state index in [0.29, 0.717) is 33.2 Å². The Hall–Kier alpha value is -2.95. The first kappa shape index (κ1) is 20.3. The summed E-state index contributed by atoms with van der Waals surface area (Å²) in [6.45, 7) is 4.36. The molecule has 2 aromatic heterocycles. The van der Waals surface area contributed by atoms with E-state index < -0.39 is 0 Å². The van der Waals surface area contributed by atoms with Gasteiger partial charge in [0, 0.05) is 22.7 Å². The monoisotopic (exact) mass is 435 g/mol. The first-order chi connectivity index (χ1) is 14.5. The summed E-state index contributed by atoms with van der Waals surface area (Å²) in [7, 11) is 0. The highest BCUT2D eigenvalue weighted by Crippen LogP contribution is 2.37. The van der Waals surface area contributed by atoms with Gasteiger partial charge < -0.3 is 0 Å². The maximum Gasteiger partial charge on any atom is 0.263 e. The second-order valence-electron chi connectivity index (χ2n) is 6.72. The maximum absolute atomic E-state index is 13.4. The molecule has 0 saturated heterocycles. The van der Waals surface area contributed by atoms with Crippen LogP contribution in [0.25, 0.3) is 21.3 Å². The van der Waals surface area contributed by atoms with Crippen LogP contribution in [-0.2, 0) is 12.3 Å². The van der Waals surface area contributed by atoms with E-state index in [1.165, 1.54) is 35.2 Å². The topological polar surface area (TPSA) is 58.7 Å². The third-order valence-corrected chi connectivity index (χ3v) is 6.92. The van der Waals surface area contributed by atoms with Crippen molar-refractivity contribution in [3.8, 4) is 17.2 Å². The molecule has 0 fully saturated rings. The Labute approximate surface area is 181 Å². The van der Waals surface area contributed by atoms with Crippen LogP contribution < -0.4 is 5.56 Å². The third-order valence-electron chi connectivity index (χ3n) is 4.90. The Kier molecular flexibility index (Phi) is 5.71. The number of fused-ring (bicyclic) bond motifs is 1. The van der Waals surface area contributed by atoms with Gasteiger partial charge in [-0.2, -0.15) is 5.26 Å². The Bertz CT molecular complexity index is 1330. The zero-order valence-electron chi connectivity index (χ0n) is 16.5. The van der Waals surface area contributed by atoms with E-state index in [2.05, 4.69) is 6.07 Å². The van der Waals surface area contributed by atoms with Crippen LogP contribution in [0.2, 0.25) is 0 Å². The molecule has 0 aliphatic heterocycles. The lowest BCUT2D eigenvalue weighted by Gasteiger charge is -2.11. The van der Waals surface area contributed by atoms with Crippen LogP contribution in [0.5, 0.6) is 0 Å². The maximum atomic E-state index is 13.4. The summed E-state index contributed by atoms with van der Waals surface area (Å²) in [6.07, 6.45) is 0. The van der Waals surface area contributed by atoms with E-state index in [0.717, 1.165) is 21.6 Å². The highest BCUT2D eigenvalue weighted by atomic mass is 32.2. The van der Waals surface area contributed by atoms with Gasteiger partial charge in [-0.25, -0.2) is 9.37 Å². The Morgan fingerprint density at radius 1 is 1.20 bits per heavy atom. The Morgan fingerprint density at radius 3 is 2.63 bits per heavy atom. The minimum absolute atomic E-state index is 0.0951. The van der Waals surface area contributed by atoms with E-state index in [1.54, 1.807) is 22.8 Å². The molecule has 0 atom stereocenters. The molecule has 0 radical (unpaired) electrons. The van der Waals surface area contributed by atoms with Crippen molar-refractivity contribution in [1.82, 2.24) is 9.55 Å². The van der Waals surface area contributed by atoms with E-state index in [-0.39, 0.29) is 11.4 Å². The lowest BCUT2D eigenvalue weighted by atomic mass is 10.0. The normalized spacial score (nSPS) is 11.0. The van der Waals surface area contributed by atoms with Gasteiger partial charge in [-0.05, 0) is 43.2 Å². The predicted octanol–water partition coefficient (Wildman–Crippen LogP) is 5.76. The van der Waals surface area contributed by atoms with E-state index in [9.17, 15) is 14.4 Å². The first-order valence-electron chi connectivity index (χ1n) is 9.44. The third kappa shape index (κ3) is 3.64. The Morgan fingerprint density at radius 2 is 1.93 bits per heavy atom. The van der Waals surface area contributed by atoms with Gasteiger partial charge in [-0.1, -0.05) is 42.1 Å². The molecule has 4 rings (SSSR count). The van der Waals surface area contributed by atoms with Crippen LogP contribution in [0.3, 0.4) is 0 Å². The number of nitrogens with zero attached hydrogens (tertiary/aromatic N) is 3. The molecular weight excluding hydrogens is 417 g/mol. The van der Waals surface area contributed by atoms with E-state index in [4.69, 9.17) is 4.98 Å². The summed E-state index contributed by atoms with van der Waals surface area (Å²) in [5, 5.41) is 10.5. The van der Waals surface area contributed by atoms with Gasteiger partial charge in [0.2, 0.25) is 0 Å². The van der Waals surface area contributed by atoms with Gasteiger partial charge in [0.05, 0.1) is 17.0 Å². The minimum Gasteiger partial charge on any atom is -0.287 e. The van der Waals surface area contributed by atoms with Crippen molar-refractivity contribution in [3.63, 3.8) is 0 Å². The van der Waals surface area contributed by atoms with Crippen molar-refractivity contribution < 1.29 is 4.39 Å². The largest absolute Gasteiger partial charge is 0.287 e. The molecule has 4 aromatic rings. The quantitative estimate of drug-likeness (QED) is 0.296. The van der Waals surface area contributed by atoms with Crippen LogP contribution in [0, 0.1) is 24.1 Å². The summed E-state index contributed by atoms with van der Waals surface area (Å²) in [5.74, 6) is 0.244. The summed E-state index contributed by atoms with van der Waals surface area (Å²) in [6, 6.07) is 15.8. The number of aromatic nitrogens is 2. The van der Waals surface area contributed by atoms with Crippen molar-refractivity contribution in [2.75, 3.05) is 0 Å². The lowest BCUT2D eigenvalue weighted by Crippen LogP contribution is -2.22. The molecule has 0 spiro atoms. The standard InChI is InChI=1S/C23H18FN3OS2/c1-3-27-22(28)20-19(15-8-10-18(24)11-9-15)14(2)30-21(20)26-23(27)29-13-17-7-5-4-6-16(17)12-25/h4-11H,3,13H2,1-2H3. The molecule has 0 N–H and O–H groups in total. The van der Waals surface area contributed by atoms with Crippen molar-refractivity contribution >= 4 is 33.3 Å². The first-order valence-corrected chi connectivity index (χ1v) is 11.2. The molecular formula is C23H18FN3OS2. The summed E-state index contributed by atoms with van der Waals surface area (Å²) in [5.41, 5.74) is 3.08. The molecule has 2 heterocycles. The second kappa shape index (κ2) is 8.42. The molecule has 0 amide bonds. The van der Waals surface area contributed by atoms with Gasteiger partial charge in [0.1, 0.15) is 10.6 Å². The second-order valence-corrected chi connectivity index (χ2v) is 8.87. The molecule has 0 saturated carbocycles. The number of hydrogen-bond acceptors (Lipinski definition) is 5. The number of hydrogen-bond donors (Lipinski definition) is 0. The van der Waals surface area contributed by atoms with E-state index >= 15 is 0 Å². The molecule has 150 valence electrons. The fourth-order valence-electron chi connectivity index (χ4n) is 3.43. The van der Waals surface area contributed by atoms with Crippen LogP contribution in [0.4, 0.5) is 4.39 Å². The number of rotatable bonds is 5. The van der Waals surface area contributed by atoms with Crippen molar-refractivity contribution in [2.45, 2.75) is 31.3 Å². The SMILES string of the molecule is CCn1c(SCc2ccccc2C#N)nc2sc(C)c(-c3ccc(F)cc3)c2c1=O. The average molecular weight is 436 g/mol. The van der Waals surface area contributed by atoms with Crippen molar-refractivity contribution in [1.29, 1.82) is 5.26 Å². The molecule has 30 heavy (non-hydrogen) atoms. The number of thioether (sulfide) groups is 1. The zero-order valence-corrected chi connectivity index (χ0v) is 18.1. The van der Waals surface area contributed by atoms with Gasteiger partial charge in [0.15, 0.2) is 5.16 Å². The molecule has 0 aliphatic carbocycles. The summed E-state index contributed by atoms with van der Waals surface area (Å²) >= 11 is 2.92. The van der Waals surface area contributed by atoms with E-state index in [1.807, 2.05) is 32.0 Å². The Balaban J connectivity index is 1.81. The predicted molar refractivity (Wildman–Crippen MR) is 120 cm³/mol. The smallest absolute Gasteiger partial charge is 0.263 e. The van der Waals surface area contributed by atoms with Crippen LogP contribution in [0.15, 0.2) is 58.5 Å². The van der Waals surface area contributed by atoms with Gasteiger partial charge >= 0.3 is 0 Å². The number of aryl methyl sites for hydroxylation is 1. The summed E-state index contributed by atoms with van der Waals surface area (Å²) in [4.78, 5) is 19.8. The highest BCUT2D eigenvalue weighted by Gasteiger charge is 2.19. The molecule has 7 heteroatoms. The number of benzene rings is 2. The lowest BCUT2D eigenvalue weighted by molar-refractivity contribution is 0.628. The average Bonchev–Trinajstić information content (AvgIpc) is 3.09. The van der Waals surface area contributed by atoms with Gasteiger partial charge in [-0.3, -0.25) is 9.36 Å². The van der Waals surface area contributed by atoms with Gasteiger partial charge in [-0.15, -0.1) is 11.3 Å². The number of thiophene rings is 1. The van der Waals surface area contributed by atoms with Gasteiger partial charge in [0.25, 0.3) is 5.56 Å². The summed E-state index contributed by atoms with van der Waals surface area (Å²) < 4.78 is 15.0. The molecule has 0 unspecified atom stereocenters. The number of nitriles is 1. The fraction of sp³-hybridized carbons (Fsp3) is 0.174.